The molecule has 7 nitrogen and oxygen atoms in total. The molecule has 0 saturated heterocycles. The summed E-state index contributed by atoms with van der Waals surface area (Å²) in [5.74, 6) is -1.08. The number of hydrogen-bond acceptors (Lipinski definition) is 4. The topological polar surface area (TPSA) is 85.8 Å². The maximum Gasteiger partial charge on any atom is 0.357 e. The van der Waals surface area contributed by atoms with Gasteiger partial charge in [0.2, 0.25) is 0 Å². The molecule has 0 aliphatic rings. The second kappa shape index (κ2) is 6.91. The quantitative estimate of drug-likeness (QED) is 0.753. The molecule has 24 heavy (non-hydrogen) atoms. The highest BCUT2D eigenvalue weighted by atomic mass is 16.4. The summed E-state index contributed by atoms with van der Waals surface area (Å²) in [4.78, 5) is 11.2. The lowest BCUT2D eigenvalue weighted by Crippen LogP contribution is -2.00. The van der Waals surface area contributed by atoms with Crippen LogP contribution in [-0.4, -0.2) is 35.9 Å². The number of rotatable bonds is 6. The van der Waals surface area contributed by atoms with Crippen LogP contribution < -0.4 is 0 Å². The number of benzene rings is 1. The SMILES string of the molecule is Cn1cc(-c2cn(CC/C=C/c3ccccc3)nn2)c(C(=O)O)n1. The van der Waals surface area contributed by atoms with Gasteiger partial charge in [-0.25, -0.2) is 4.79 Å². The van der Waals surface area contributed by atoms with Crippen LogP contribution in [-0.2, 0) is 13.6 Å². The fourth-order valence-electron chi connectivity index (χ4n) is 2.36. The lowest BCUT2D eigenvalue weighted by molar-refractivity contribution is 0.0690. The zero-order chi connectivity index (χ0) is 16.9. The van der Waals surface area contributed by atoms with Crippen molar-refractivity contribution in [1.82, 2.24) is 24.8 Å². The number of carbonyl (C=O) groups is 1. The van der Waals surface area contributed by atoms with E-state index < -0.39 is 5.97 Å². The summed E-state index contributed by atoms with van der Waals surface area (Å²) >= 11 is 0. The van der Waals surface area contributed by atoms with Gasteiger partial charge in [-0.3, -0.25) is 9.36 Å². The minimum absolute atomic E-state index is 0.0199. The van der Waals surface area contributed by atoms with E-state index in [1.165, 1.54) is 4.68 Å². The third kappa shape index (κ3) is 3.57. The van der Waals surface area contributed by atoms with E-state index in [0.717, 1.165) is 12.0 Å². The van der Waals surface area contributed by atoms with Crippen LogP contribution in [0, 0.1) is 0 Å². The van der Waals surface area contributed by atoms with Crippen LogP contribution in [0.15, 0.2) is 48.8 Å². The van der Waals surface area contributed by atoms with Crippen molar-refractivity contribution in [3.8, 4) is 11.3 Å². The number of carboxylic acids is 1. The molecule has 0 saturated carbocycles. The Morgan fingerprint density at radius 2 is 2.04 bits per heavy atom. The first kappa shape index (κ1) is 15.7. The van der Waals surface area contributed by atoms with E-state index in [2.05, 4.69) is 27.6 Å². The third-order valence-corrected chi connectivity index (χ3v) is 3.48. The Bertz CT molecular complexity index is 864. The minimum atomic E-state index is -1.08. The van der Waals surface area contributed by atoms with Gasteiger partial charge in [0.15, 0.2) is 5.69 Å². The van der Waals surface area contributed by atoms with Crippen LogP contribution in [0.2, 0.25) is 0 Å². The largest absolute Gasteiger partial charge is 0.476 e. The normalized spacial score (nSPS) is 11.2. The highest BCUT2D eigenvalue weighted by Gasteiger charge is 2.18. The van der Waals surface area contributed by atoms with Crippen molar-refractivity contribution in [2.45, 2.75) is 13.0 Å². The molecule has 3 rings (SSSR count). The Balaban J connectivity index is 1.66. The first-order valence-corrected chi connectivity index (χ1v) is 7.52. The summed E-state index contributed by atoms with van der Waals surface area (Å²) < 4.78 is 3.16. The highest BCUT2D eigenvalue weighted by molar-refractivity contribution is 5.93. The summed E-state index contributed by atoms with van der Waals surface area (Å²) in [5.41, 5.74) is 2.11. The van der Waals surface area contributed by atoms with E-state index in [0.29, 0.717) is 17.8 Å². The van der Waals surface area contributed by atoms with Gasteiger partial charge in [0.05, 0.1) is 11.8 Å². The number of aryl methyl sites for hydroxylation is 2. The zero-order valence-electron chi connectivity index (χ0n) is 13.2. The molecule has 0 spiro atoms. The second-order valence-electron chi connectivity index (χ2n) is 5.34. The summed E-state index contributed by atoms with van der Waals surface area (Å²) in [7, 11) is 1.68. The van der Waals surface area contributed by atoms with E-state index in [1.54, 1.807) is 24.1 Å². The first-order chi connectivity index (χ1) is 11.6. The van der Waals surface area contributed by atoms with Crippen LogP contribution in [0.1, 0.15) is 22.5 Å². The molecule has 3 aromatic rings. The molecule has 1 aromatic carbocycles. The van der Waals surface area contributed by atoms with Gasteiger partial charge in [0.25, 0.3) is 0 Å². The summed E-state index contributed by atoms with van der Waals surface area (Å²) in [6.45, 7) is 0.666. The van der Waals surface area contributed by atoms with Crippen molar-refractivity contribution in [2.75, 3.05) is 0 Å². The number of carboxylic acid groups (broad SMARTS) is 1. The van der Waals surface area contributed by atoms with Crippen molar-refractivity contribution in [3.63, 3.8) is 0 Å². The third-order valence-electron chi connectivity index (χ3n) is 3.48. The van der Waals surface area contributed by atoms with Gasteiger partial charge in [-0.1, -0.05) is 47.7 Å². The molecule has 0 amide bonds. The summed E-state index contributed by atoms with van der Waals surface area (Å²) in [6.07, 6.45) is 8.30. The molecular weight excluding hydrogens is 306 g/mol. The van der Waals surface area contributed by atoms with Crippen molar-refractivity contribution < 1.29 is 9.90 Å². The number of hydrogen-bond donors (Lipinski definition) is 1. The lowest BCUT2D eigenvalue weighted by atomic mass is 10.2. The minimum Gasteiger partial charge on any atom is -0.476 e. The van der Waals surface area contributed by atoms with Gasteiger partial charge >= 0.3 is 5.97 Å². The van der Waals surface area contributed by atoms with E-state index in [4.69, 9.17) is 0 Å². The molecule has 7 heteroatoms. The summed E-state index contributed by atoms with van der Waals surface area (Å²) in [6, 6.07) is 10.1. The lowest BCUT2D eigenvalue weighted by Gasteiger charge is -1.96. The molecule has 0 aliphatic heterocycles. The number of aromatic carboxylic acids is 1. The monoisotopic (exact) mass is 323 g/mol. The van der Waals surface area contributed by atoms with Crippen LogP contribution in [0.25, 0.3) is 17.3 Å². The number of aromatic nitrogens is 5. The van der Waals surface area contributed by atoms with Crippen molar-refractivity contribution in [2.24, 2.45) is 7.05 Å². The standard InChI is InChI=1S/C17H17N5O2/c1-21-11-14(16(19-21)17(23)24)15-12-22(20-18-15)10-6-5-9-13-7-3-2-4-8-13/h2-5,7-9,11-12H,6,10H2,1H3,(H,23,24)/b9-5+. The van der Waals surface area contributed by atoms with E-state index in [9.17, 15) is 9.90 Å². The molecule has 0 atom stereocenters. The van der Waals surface area contributed by atoms with Crippen LogP contribution in [0.3, 0.4) is 0 Å². The maximum atomic E-state index is 11.2. The first-order valence-electron chi connectivity index (χ1n) is 7.52. The van der Waals surface area contributed by atoms with Crippen molar-refractivity contribution >= 4 is 12.0 Å². The van der Waals surface area contributed by atoms with Gasteiger partial charge in [0.1, 0.15) is 5.69 Å². The zero-order valence-corrected chi connectivity index (χ0v) is 13.2. The molecule has 1 N–H and O–H groups in total. The Labute approximate surface area is 138 Å². The predicted molar refractivity (Wildman–Crippen MR) is 89.3 cm³/mol. The van der Waals surface area contributed by atoms with E-state index >= 15 is 0 Å². The average Bonchev–Trinajstić information content (AvgIpc) is 3.19. The molecule has 0 radical (unpaired) electrons. The summed E-state index contributed by atoms with van der Waals surface area (Å²) in [5, 5.41) is 21.2. The molecular formula is C17H17N5O2. The van der Waals surface area contributed by atoms with Gasteiger partial charge in [-0.05, 0) is 12.0 Å². The Morgan fingerprint density at radius 1 is 1.25 bits per heavy atom. The van der Waals surface area contributed by atoms with E-state index in [1.807, 2.05) is 30.3 Å². The van der Waals surface area contributed by atoms with Crippen LogP contribution in [0.4, 0.5) is 0 Å². The molecule has 122 valence electrons. The van der Waals surface area contributed by atoms with Gasteiger partial charge < -0.3 is 5.11 Å². The predicted octanol–water partition coefficient (Wildman–Crippen LogP) is 2.48. The van der Waals surface area contributed by atoms with Crippen LogP contribution >= 0.6 is 0 Å². The molecule has 0 bridgehead atoms. The fraction of sp³-hybridized carbons (Fsp3) is 0.176. The van der Waals surface area contributed by atoms with Crippen LogP contribution in [0.5, 0.6) is 0 Å². The maximum absolute atomic E-state index is 11.2. The molecule has 2 aromatic heterocycles. The Kier molecular flexibility index (Phi) is 4.51. The second-order valence-corrected chi connectivity index (χ2v) is 5.34. The molecule has 2 heterocycles. The van der Waals surface area contributed by atoms with Gasteiger partial charge in [0, 0.05) is 19.8 Å². The Morgan fingerprint density at radius 3 is 2.79 bits per heavy atom. The van der Waals surface area contributed by atoms with E-state index in [-0.39, 0.29) is 5.69 Å². The number of allylic oxidation sites excluding steroid dienone is 1. The molecule has 0 fully saturated rings. The molecule has 0 unspecified atom stereocenters. The van der Waals surface area contributed by atoms with Gasteiger partial charge in [-0.15, -0.1) is 5.10 Å². The highest BCUT2D eigenvalue weighted by Crippen LogP contribution is 2.20. The average molecular weight is 323 g/mol. The molecule has 0 aliphatic carbocycles. The number of nitrogens with zero attached hydrogens (tertiary/aromatic N) is 5. The Hall–Kier alpha value is -3.22. The van der Waals surface area contributed by atoms with Crippen molar-refractivity contribution in [3.05, 3.63) is 60.1 Å². The smallest absolute Gasteiger partial charge is 0.357 e. The van der Waals surface area contributed by atoms with Crippen molar-refractivity contribution in [1.29, 1.82) is 0 Å². The fourth-order valence-corrected chi connectivity index (χ4v) is 2.36. The van der Waals surface area contributed by atoms with Gasteiger partial charge in [-0.2, -0.15) is 5.10 Å².